The zero-order chi connectivity index (χ0) is 15.6. The van der Waals surface area contributed by atoms with Gasteiger partial charge in [-0.25, -0.2) is 0 Å². The van der Waals surface area contributed by atoms with Crippen LogP contribution in [-0.2, 0) is 0 Å². The predicted octanol–water partition coefficient (Wildman–Crippen LogP) is 3.87. The molecule has 4 nitrogen and oxygen atoms in total. The molecule has 0 aromatic heterocycles. The number of hydrogen-bond acceptors (Lipinski definition) is 2. The van der Waals surface area contributed by atoms with Crippen molar-refractivity contribution in [2.75, 3.05) is 5.32 Å². The zero-order valence-corrected chi connectivity index (χ0v) is 14.3. The molecule has 0 aliphatic rings. The largest absolute Gasteiger partial charge is 0.366 e. The summed E-state index contributed by atoms with van der Waals surface area (Å²) < 4.78 is 1.58. The minimum atomic E-state index is -0.494. The van der Waals surface area contributed by atoms with Gasteiger partial charge in [0.2, 0.25) is 5.91 Å². The lowest BCUT2D eigenvalue weighted by molar-refractivity contribution is 0.0998. The highest BCUT2D eigenvalue weighted by atomic mass is 79.9. The molecule has 0 saturated heterocycles. The Hall–Kier alpha value is -1.66. The van der Waals surface area contributed by atoms with Crippen molar-refractivity contribution in [3.05, 3.63) is 62.0 Å². The summed E-state index contributed by atoms with van der Waals surface area (Å²) in [6.45, 7) is 1.80. The summed E-state index contributed by atoms with van der Waals surface area (Å²) in [5.41, 5.74) is 7.57. The van der Waals surface area contributed by atoms with Crippen molar-refractivity contribution in [1.82, 2.24) is 0 Å². The number of primary amides is 1. The van der Waals surface area contributed by atoms with Crippen LogP contribution in [-0.4, -0.2) is 11.8 Å². The molecule has 0 fully saturated rings. The van der Waals surface area contributed by atoms with Crippen molar-refractivity contribution < 1.29 is 9.59 Å². The first-order chi connectivity index (χ1) is 9.88. The molecule has 0 atom stereocenters. The van der Waals surface area contributed by atoms with Gasteiger partial charge in [0.15, 0.2) is 0 Å². The Morgan fingerprint density at radius 2 is 1.81 bits per heavy atom. The molecular formula is C15H12Br2N2O2. The highest BCUT2D eigenvalue weighted by molar-refractivity contribution is 9.11. The van der Waals surface area contributed by atoms with Crippen LogP contribution in [0.5, 0.6) is 0 Å². The van der Waals surface area contributed by atoms with Crippen LogP contribution in [0, 0.1) is 6.92 Å². The number of carbonyl (C=O) groups excluding carboxylic acids is 2. The van der Waals surface area contributed by atoms with Crippen molar-refractivity contribution in [2.24, 2.45) is 5.73 Å². The van der Waals surface area contributed by atoms with E-state index in [9.17, 15) is 9.59 Å². The van der Waals surface area contributed by atoms with Gasteiger partial charge in [-0.3, -0.25) is 9.59 Å². The minimum absolute atomic E-state index is 0.232. The van der Waals surface area contributed by atoms with Crippen LogP contribution in [0.1, 0.15) is 26.3 Å². The number of aryl methyl sites for hydroxylation is 1. The third-order valence-electron chi connectivity index (χ3n) is 2.93. The van der Waals surface area contributed by atoms with E-state index in [1.807, 2.05) is 0 Å². The van der Waals surface area contributed by atoms with Crippen LogP contribution in [0.3, 0.4) is 0 Å². The maximum absolute atomic E-state index is 12.3. The van der Waals surface area contributed by atoms with Crippen LogP contribution >= 0.6 is 31.9 Å². The van der Waals surface area contributed by atoms with Gasteiger partial charge in [0, 0.05) is 20.2 Å². The van der Waals surface area contributed by atoms with E-state index in [4.69, 9.17) is 5.73 Å². The molecule has 0 unspecified atom stereocenters. The fourth-order valence-corrected chi connectivity index (χ4v) is 3.05. The van der Waals surface area contributed by atoms with Crippen LogP contribution < -0.4 is 11.1 Å². The van der Waals surface area contributed by atoms with E-state index in [0.717, 1.165) is 10.0 Å². The molecule has 21 heavy (non-hydrogen) atoms. The number of halogens is 2. The topological polar surface area (TPSA) is 72.2 Å². The number of nitrogens with two attached hydrogens (primary N) is 1. The van der Waals surface area contributed by atoms with E-state index in [1.54, 1.807) is 43.3 Å². The van der Waals surface area contributed by atoms with Crippen molar-refractivity contribution in [3.8, 4) is 0 Å². The number of carbonyl (C=O) groups is 2. The molecule has 0 spiro atoms. The highest BCUT2D eigenvalue weighted by Gasteiger charge is 2.12. The molecule has 3 N–H and O–H groups in total. The van der Waals surface area contributed by atoms with Gasteiger partial charge in [-0.2, -0.15) is 0 Å². The second-order valence-corrected chi connectivity index (χ2v) is 6.24. The SMILES string of the molecule is Cc1cc(C(N)=O)ccc1NC(=O)c1ccc(Br)cc1Br. The van der Waals surface area contributed by atoms with E-state index >= 15 is 0 Å². The van der Waals surface area contributed by atoms with Crippen molar-refractivity contribution in [1.29, 1.82) is 0 Å². The third kappa shape index (κ3) is 3.71. The Morgan fingerprint density at radius 3 is 2.38 bits per heavy atom. The number of benzene rings is 2. The van der Waals surface area contributed by atoms with E-state index in [0.29, 0.717) is 21.3 Å². The van der Waals surface area contributed by atoms with E-state index < -0.39 is 5.91 Å². The first-order valence-electron chi connectivity index (χ1n) is 6.05. The average Bonchev–Trinajstić information content (AvgIpc) is 2.40. The van der Waals surface area contributed by atoms with Crippen LogP contribution in [0.15, 0.2) is 45.3 Å². The molecule has 0 aliphatic carbocycles. The summed E-state index contributed by atoms with van der Waals surface area (Å²) in [4.78, 5) is 23.4. The smallest absolute Gasteiger partial charge is 0.256 e. The van der Waals surface area contributed by atoms with Gasteiger partial charge in [0.05, 0.1) is 5.56 Å². The van der Waals surface area contributed by atoms with Gasteiger partial charge in [-0.05, 0) is 64.8 Å². The Labute approximate surface area is 139 Å². The van der Waals surface area contributed by atoms with Crippen molar-refractivity contribution in [2.45, 2.75) is 6.92 Å². The summed E-state index contributed by atoms with van der Waals surface area (Å²) in [6.07, 6.45) is 0. The average molecular weight is 412 g/mol. The Kier molecular flexibility index (Phi) is 4.80. The molecule has 0 heterocycles. The maximum atomic E-state index is 12.3. The maximum Gasteiger partial charge on any atom is 0.256 e. The van der Waals surface area contributed by atoms with Gasteiger partial charge in [-0.1, -0.05) is 15.9 Å². The lowest BCUT2D eigenvalue weighted by atomic mass is 10.1. The second-order valence-electron chi connectivity index (χ2n) is 4.47. The quantitative estimate of drug-likeness (QED) is 0.804. The standard InChI is InChI=1S/C15H12Br2N2O2/c1-8-6-9(14(18)20)2-5-13(8)19-15(21)11-4-3-10(16)7-12(11)17/h2-7H,1H3,(H2,18,20)(H,19,21). The lowest BCUT2D eigenvalue weighted by Gasteiger charge is -2.10. The van der Waals surface area contributed by atoms with Gasteiger partial charge in [0.1, 0.15) is 0 Å². The molecular weight excluding hydrogens is 400 g/mol. The van der Waals surface area contributed by atoms with E-state index in [-0.39, 0.29) is 5.91 Å². The van der Waals surface area contributed by atoms with Gasteiger partial charge >= 0.3 is 0 Å². The van der Waals surface area contributed by atoms with Crippen molar-refractivity contribution >= 4 is 49.4 Å². The summed E-state index contributed by atoms with van der Waals surface area (Å²) >= 11 is 6.70. The zero-order valence-electron chi connectivity index (χ0n) is 11.1. The number of nitrogens with one attached hydrogen (secondary N) is 1. The molecule has 6 heteroatoms. The minimum Gasteiger partial charge on any atom is -0.366 e. The fraction of sp³-hybridized carbons (Fsp3) is 0.0667. The Balaban J connectivity index is 2.25. The van der Waals surface area contributed by atoms with Gasteiger partial charge < -0.3 is 11.1 Å². The molecule has 2 aromatic carbocycles. The molecule has 0 saturated carbocycles. The molecule has 0 radical (unpaired) electrons. The van der Waals surface area contributed by atoms with Crippen LogP contribution in [0.2, 0.25) is 0 Å². The highest BCUT2D eigenvalue weighted by Crippen LogP contribution is 2.24. The normalized spacial score (nSPS) is 10.2. The van der Waals surface area contributed by atoms with E-state index in [2.05, 4.69) is 37.2 Å². The van der Waals surface area contributed by atoms with Gasteiger partial charge in [0.25, 0.3) is 5.91 Å². The first-order valence-corrected chi connectivity index (χ1v) is 7.64. The second kappa shape index (κ2) is 6.41. The monoisotopic (exact) mass is 410 g/mol. The molecule has 2 amide bonds. The third-order valence-corrected chi connectivity index (χ3v) is 4.08. The Bertz CT molecular complexity index is 730. The molecule has 0 bridgehead atoms. The number of rotatable bonds is 3. The predicted molar refractivity (Wildman–Crippen MR) is 89.5 cm³/mol. The molecule has 2 rings (SSSR count). The first kappa shape index (κ1) is 15.7. The van der Waals surface area contributed by atoms with Gasteiger partial charge in [-0.15, -0.1) is 0 Å². The molecule has 0 aliphatic heterocycles. The van der Waals surface area contributed by atoms with Crippen LogP contribution in [0.4, 0.5) is 5.69 Å². The lowest BCUT2D eigenvalue weighted by Crippen LogP contribution is -2.15. The number of hydrogen-bond donors (Lipinski definition) is 2. The molecule has 2 aromatic rings. The Morgan fingerprint density at radius 1 is 1.10 bits per heavy atom. The van der Waals surface area contributed by atoms with Crippen molar-refractivity contribution in [3.63, 3.8) is 0 Å². The summed E-state index contributed by atoms with van der Waals surface area (Å²) in [5.74, 6) is -0.726. The fourth-order valence-electron chi connectivity index (χ4n) is 1.82. The van der Waals surface area contributed by atoms with Crippen LogP contribution in [0.25, 0.3) is 0 Å². The summed E-state index contributed by atoms with van der Waals surface area (Å²) in [5, 5.41) is 2.82. The number of anilines is 1. The summed E-state index contributed by atoms with van der Waals surface area (Å²) in [6, 6.07) is 10.2. The number of amides is 2. The summed E-state index contributed by atoms with van der Waals surface area (Å²) in [7, 11) is 0. The molecule has 108 valence electrons. The van der Waals surface area contributed by atoms with E-state index in [1.165, 1.54) is 0 Å².